The van der Waals surface area contributed by atoms with Gasteiger partial charge in [-0.15, -0.1) is 0 Å². The van der Waals surface area contributed by atoms with Gasteiger partial charge in [0.1, 0.15) is 0 Å². The number of carbonyl (C=O) groups excluding carboxylic acids is 1. The van der Waals surface area contributed by atoms with Gasteiger partial charge in [0, 0.05) is 6.42 Å². The molecule has 0 aliphatic rings. The molecule has 0 rings (SSSR count). The van der Waals surface area contributed by atoms with E-state index < -0.39 is 12.1 Å². The first-order valence-corrected chi connectivity index (χ1v) is 20.0. The number of aliphatic hydroxyl groups excluding tert-OH is 2. The molecule has 0 aliphatic heterocycles. The van der Waals surface area contributed by atoms with Crippen LogP contribution in [0.2, 0.25) is 0 Å². The number of carbonyl (C=O) groups is 1. The fourth-order valence-electron chi connectivity index (χ4n) is 5.27. The van der Waals surface area contributed by atoms with Gasteiger partial charge in [-0.3, -0.25) is 4.79 Å². The summed E-state index contributed by atoms with van der Waals surface area (Å²) in [7, 11) is 0. The number of rotatable bonds is 34. The SMILES string of the molecule is CC/C=C\C/C=C\C/C=C\C/C=C\C/C=C\C/C=C\C/C=C\CCCCCC(=O)NC(CO)C(O)/C=C/CCCCCCCCCCCC. The average molecular weight is 678 g/mol. The van der Waals surface area contributed by atoms with Crippen molar-refractivity contribution < 1.29 is 15.0 Å². The standard InChI is InChI=1S/C45H75NO3/c1-3-5-7-9-11-13-15-17-18-19-20-21-22-23-24-25-26-27-28-29-31-33-35-37-39-41-45(49)46-43(42-47)44(48)40-38-36-34-32-30-16-14-12-10-8-6-4-2/h5,7,11,13,17-18,20-21,23-24,26-27,29,31,38,40,43-44,47-48H,3-4,6,8-10,12,14-16,19,22,25,28,30,32-37,39,41-42H2,1-2H3,(H,46,49)/b7-5-,13-11-,18-17-,21-20-,24-23-,27-26-,31-29-,40-38+. The average Bonchev–Trinajstić information content (AvgIpc) is 3.10. The number of aliphatic hydroxyl groups is 2. The second-order valence-electron chi connectivity index (χ2n) is 13.0. The van der Waals surface area contributed by atoms with E-state index in [-0.39, 0.29) is 12.5 Å². The van der Waals surface area contributed by atoms with Crippen LogP contribution in [-0.4, -0.2) is 34.9 Å². The third kappa shape index (κ3) is 36.4. The van der Waals surface area contributed by atoms with Crippen LogP contribution in [0.1, 0.15) is 162 Å². The van der Waals surface area contributed by atoms with Crippen molar-refractivity contribution in [1.82, 2.24) is 5.32 Å². The number of amides is 1. The zero-order valence-electron chi connectivity index (χ0n) is 31.7. The van der Waals surface area contributed by atoms with Crippen molar-refractivity contribution in [3.63, 3.8) is 0 Å². The molecular weight excluding hydrogens is 602 g/mol. The van der Waals surface area contributed by atoms with Crippen molar-refractivity contribution in [2.75, 3.05) is 6.61 Å². The third-order valence-corrected chi connectivity index (χ3v) is 8.32. The first kappa shape index (κ1) is 46.3. The Morgan fingerprint density at radius 2 is 0.898 bits per heavy atom. The lowest BCUT2D eigenvalue weighted by Gasteiger charge is -2.19. The van der Waals surface area contributed by atoms with Gasteiger partial charge < -0.3 is 15.5 Å². The monoisotopic (exact) mass is 678 g/mol. The number of allylic oxidation sites excluding steroid dienone is 15. The summed E-state index contributed by atoms with van der Waals surface area (Å²) in [4.78, 5) is 12.3. The molecule has 2 atom stereocenters. The van der Waals surface area contributed by atoms with Crippen LogP contribution in [-0.2, 0) is 4.79 Å². The summed E-state index contributed by atoms with van der Waals surface area (Å²) in [5.41, 5.74) is 0. The van der Waals surface area contributed by atoms with Gasteiger partial charge in [0.25, 0.3) is 0 Å². The Balaban J connectivity index is 3.76. The molecule has 0 aromatic rings. The normalized spacial score (nSPS) is 14.1. The minimum absolute atomic E-state index is 0.102. The van der Waals surface area contributed by atoms with Gasteiger partial charge in [0.05, 0.1) is 18.8 Å². The largest absolute Gasteiger partial charge is 0.394 e. The highest BCUT2D eigenvalue weighted by molar-refractivity contribution is 5.76. The molecule has 0 heterocycles. The van der Waals surface area contributed by atoms with Gasteiger partial charge in [-0.2, -0.15) is 0 Å². The van der Waals surface area contributed by atoms with E-state index in [2.05, 4.69) is 104 Å². The van der Waals surface area contributed by atoms with E-state index in [1.807, 2.05) is 6.08 Å². The van der Waals surface area contributed by atoms with Crippen LogP contribution in [0.15, 0.2) is 97.2 Å². The van der Waals surface area contributed by atoms with Crippen LogP contribution in [0.4, 0.5) is 0 Å². The van der Waals surface area contributed by atoms with Crippen molar-refractivity contribution in [2.24, 2.45) is 0 Å². The number of hydrogen-bond donors (Lipinski definition) is 3. The summed E-state index contributed by atoms with van der Waals surface area (Å²) in [5.74, 6) is -0.102. The Bertz CT molecular complexity index is 952. The maximum atomic E-state index is 12.3. The fourth-order valence-corrected chi connectivity index (χ4v) is 5.27. The Morgan fingerprint density at radius 3 is 1.35 bits per heavy atom. The quantitative estimate of drug-likeness (QED) is 0.0469. The van der Waals surface area contributed by atoms with Crippen LogP contribution in [0.25, 0.3) is 0 Å². The first-order valence-electron chi connectivity index (χ1n) is 20.0. The van der Waals surface area contributed by atoms with Crippen molar-refractivity contribution in [2.45, 2.75) is 174 Å². The molecule has 0 fully saturated rings. The van der Waals surface area contributed by atoms with Gasteiger partial charge in [0.15, 0.2) is 0 Å². The summed E-state index contributed by atoms with van der Waals surface area (Å²) in [6.45, 7) is 4.15. The fraction of sp³-hybridized carbons (Fsp3) is 0.622. The van der Waals surface area contributed by atoms with E-state index in [0.29, 0.717) is 6.42 Å². The number of unbranched alkanes of at least 4 members (excludes halogenated alkanes) is 13. The van der Waals surface area contributed by atoms with Crippen molar-refractivity contribution in [3.8, 4) is 0 Å². The first-order chi connectivity index (χ1) is 24.2. The van der Waals surface area contributed by atoms with E-state index in [1.165, 1.54) is 57.8 Å². The van der Waals surface area contributed by atoms with Crippen LogP contribution < -0.4 is 5.32 Å². The Labute approximate surface area is 303 Å². The van der Waals surface area contributed by atoms with E-state index in [9.17, 15) is 15.0 Å². The molecule has 4 nitrogen and oxygen atoms in total. The second kappa shape index (κ2) is 39.7. The summed E-state index contributed by atoms with van der Waals surface area (Å²) in [6, 6.07) is -0.645. The molecule has 49 heavy (non-hydrogen) atoms. The van der Waals surface area contributed by atoms with Crippen molar-refractivity contribution in [3.05, 3.63) is 97.2 Å². The Morgan fingerprint density at radius 1 is 0.510 bits per heavy atom. The lowest BCUT2D eigenvalue weighted by molar-refractivity contribution is -0.123. The van der Waals surface area contributed by atoms with Crippen molar-refractivity contribution >= 4 is 5.91 Å². The highest BCUT2D eigenvalue weighted by atomic mass is 16.3. The van der Waals surface area contributed by atoms with Crippen LogP contribution in [0.5, 0.6) is 0 Å². The second-order valence-corrected chi connectivity index (χ2v) is 13.0. The minimum Gasteiger partial charge on any atom is -0.394 e. The van der Waals surface area contributed by atoms with Gasteiger partial charge in [-0.25, -0.2) is 0 Å². The Kier molecular flexibility index (Phi) is 37.6. The third-order valence-electron chi connectivity index (χ3n) is 8.32. The number of hydrogen-bond acceptors (Lipinski definition) is 3. The van der Waals surface area contributed by atoms with Gasteiger partial charge >= 0.3 is 0 Å². The molecule has 0 aliphatic carbocycles. The van der Waals surface area contributed by atoms with E-state index >= 15 is 0 Å². The minimum atomic E-state index is -0.858. The van der Waals surface area contributed by atoms with Crippen LogP contribution in [0, 0.1) is 0 Å². The molecule has 0 saturated carbocycles. The van der Waals surface area contributed by atoms with E-state index in [1.54, 1.807) is 6.08 Å². The highest BCUT2D eigenvalue weighted by Gasteiger charge is 2.17. The van der Waals surface area contributed by atoms with E-state index in [4.69, 9.17) is 0 Å². The topological polar surface area (TPSA) is 69.6 Å². The molecule has 1 amide bonds. The van der Waals surface area contributed by atoms with Gasteiger partial charge in [-0.05, 0) is 77.0 Å². The molecule has 0 aromatic carbocycles. The molecule has 278 valence electrons. The highest BCUT2D eigenvalue weighted by Crippen LogP contribution is 2.12. The summed E-state index contributed by atoms with van der Waals surface area (Å²) >= 11 is 0. The lowest BCUT2D eigenvalue weighted by Crippen LogP contribution is -2.45. The molecule has 0 radical (unpaired) electrons. The summed E-state index contributed by atoms with van der Waals surface area (Å²) < 4.78 is 0. The molecule has 0 saturated heterocycles. The van der Waals surface area contributed by atoms with Gasteiger partial charge in [0.2, 0.25) is 5.91 Å². The van der Waals surface area contributed by atoms with Crippen LogP contribution in [0.3, 0.4) is 0 Å². The molecule has 0 bridgehead atoms. The predicted molar refractivity (Wildman–Crippen MR) is 216 cm³/mol. The number of nitrogens with one attached hydrogen (secondary N) is 1. The van der Waals surface area contributed by atoms with E-state index in [0.717, 1.165) is 83.5 Å². The van der Waals surface area contributed by atoms with Crippen molar-refractivity contribution in [1.29, 1.82) is 0 Å². The predicted octanol–water partition coefficient (Wildman–Crippen LogP) is 12.3. The van der Waals surface area contributed by atoms with Gasteiger partial charge in [-0.1, -0.05) is 175 Å². The zero-order chi connectivity index (χ0) is 35.7. The molecule has 4 heteroatoms. The maximum Gasteiger partial charge on any atom is 0.220 e. The molecule has 0 spiro atoms. The molecule has 2 unspecified atom stereocenters. The van der Waals surface area contributed by atoms with Crippen LogP contribution >= 0.6 is 0 Å². The summed E-state index contributed by atoms with van der Waals surface area (Å²) in [6.07, 6.45) is 59.2. The molecule has 3 N–H and O–H groups in total. The zero-order valence-corrected chi connectivity index (χ0v) is 31.7. The molecule has 0 aromatic heterocycles. The summed E-state index contributed by atoms with van der Waals surface area (Å²) in [5, 5.41) is 22.9. The smallest absolute Gasteiger partial charge is 0.220 e. The molecular formula is C45H75NO3. The lowest BCUT2D eigenvalue weighted by atomic mass is 10.1. The Hall–Kier alpha value is -2.69. The maximum absolute atomic E-state index is 12.3.